The van der Waals surface area contributed by atoms with Crippen molar-refractivity contribution in [2.75, 3.05) is 26.7 Å². The Balaban J connectivity index is 1.12. The lowest BCUT2D eigenvalue weighted by Crippen LogP contribution is -2.57. The molecule has 2 aromatic carbocycles. The SMILES string of the molecule is COc1ccc2c(O[C@@H]3C[C@H]4C(=O)N[C@@]5(C(=O)NS(=O)(=O)C6CC6)C[C@@H]5/C=C\CCCCC[C@@H](CC(=O)N5CCCCC5)C(=O)N4C3)cc(-c3ccccc3)nc2c1. The molecule has 0 spiro atoms. The van der Waals surface area contributed by atoms with Gasteiger partial charge in [0.1, 0.15) is 29.2 Å². The molecule has 2 N–H and O–H groups in total. The van der Waals surface area contributed by atoms with E-state index in [0.29, 0.717) is 55.1 Å². The van der Waals surface area contributed by atoms with Crippen LogP contribution in [0.25, 0.3) is 22.2 Å². The number of hydrogen-bond donors (Lipinski definition) is 2. The minimum absolute atomic E-state index is 0.0488. The van der Waals surface area contributed by atoms with E-state index in [1.807, 2.05) is 71.6 Å². The molecule has 0 radical (unpaired) electrons. The van der Waals surface area contributed by atoms with Crippen LogP contribution in [-0.4, -0.2) is 96.5 Å². The fourth-order valence-corrected chi connectivity index (χ4v) is 10.2. The van der Waals surface area contributed by atoms with Crippen LogP contribution in [-0.2, 0) is 29.2 Å². The van der Waals surface area contributed by atoms with Gasteiger partial charge in [0.25, 0.3) is 5.91 Å². The van der Waals surface area contributed by atoms with Crippen LogP contribution < -0.4 is 19.5 Å². The number of rotatable bonds is 9. The summed E-state index contributed by atoms with van der Waals surface area (Å²) in [5, 5.41) is 3.07. The maximum Gasteiger partial charge on any atom is 0.259 e. The van der Waals surface area contributed by atoms with E-state index in [-0.39, 0.29) is 37.6 Å². The van der Waals surface area contributed by atoms with E-state index in [1.54, 1.807) is 7.11 Å². The highest BCUT2D eigenvalue weighted by Gasteiger charge is 2.62. The summed E-state index contributed by atoms with van der Waals surface area (Å²) in [6.07, 6.45) is 11.3. The number of carbonyl (C=O) groups excluding carboxylic acids is 4. The number of piperidine rings is 1. The average molecular weight is 812 g/mol. The molecule has 1 aromatic heterocycles. The first-order chi connectivity index (χ1) is 28.0. The molecule has 3 aliphatic heterocycles. The molecule has 2 saturated carbocycles. The summed E-state index contributed by atoms with van der Waals surface area (Å²) in [7, 11) is -2.29. The van der Waals surface area contributed by atoms with Crippen LogP contribution in [0.3, 0.4) is 0 Å². The molecule has 58 heavy (non-hydrogen) atoms. The standard InChI is InChI=1S/C44H53N5O8S/c1-56-32-17-20-35-37(24-32)45-36(29-13-8-5-9-14-29)26-39(35)57-33-25-38-41(51)46-44(43(53)47-58(54,55)34-18-19-34)27-31(44)16-10-4-2-3-7-15-30(42(52)49(38)28-33)23-40(50)48-21-11-6-12-22-48/h5,8-10,13-14,16-17,20,24,26,30-31,33-34,38H,2-4,6-7,11-12,15,18-19,21-23,25,27-28H2,1H3,(H,46,51)(H,47,53)/b16-10-/t30-,31-,33+,38-,44-/m0/s1. The zero-order valence-electron chi connectivity index (χ0n) is 33.1. The number of sulfonamides is 1. The molecule has 2 saturated heterocycles. The largest absolute Gasteiger partial charge is 0.497 e. The molecule has 4 fully saturated rings. The fraction of sp³-hybridized carbons (Fsp3) is 0.523. The summed E-state index contributed by atoms with van der Waals surface area (Å²) in [4.78, 5) is 65.3. The summed E-state index contributed by atoms with van der Waals surface area (Å²) in [5.74, 6) is -1.54. The summed E-state index contributed by atoms with van der Waals surface area (Å²) >= 11 is 0. The number of carbonyl (C=O) groups is 4. The number of ether oxygens (including phenoxy) is 2. The molecule has 0 unspecified atom stereocenters. The van der Waals surface area contributed by atoms with Gasteiger partial charge in [0.15, 0.2) is 0 Å². The second-order valence-corrected chi connectivity index (χ2v) is 18.6. The molecule has 308 valence electrons. The van der Waals surface area contributed by atoms with Crippen molar-refractivity contribution >= 4 is 44.6 Å². The molecule has 4 amide bonds. The number of nitrogens with zero attached hydrogens (tertiary/aromatic N) is 3. The number of benzene rings is 2. The summed E-state index contributed by atoms with van der Waals surface area (Å²) in [6, 6.07) is 16.1. The Morgan fingerprint density at radius 3 is 2.50 bits per heavy atom. The van der Waals surface area contributed by atoms with Crippen molar-refractivity contribution in [3.05, 3.63) is 66.7 Å². The maximum absolute atomic E-state index is 14.8. The summed E-state index contributed by atoms with van der Waals surface area (Å²) in [5.41, 5.74) is 0.733. The molecule has 5 aliphatic rings. The lowest BCUT2D eigenvalue weighted by atomic mass is 9.94. The van der Waals surface area contributed by atoms with Crippen LogP contribution in [0, 0.1) is 11.8 Å². The third-order valence-electron chi connectivity index (χ3n) is 12.4. The van der Waals surface area contributed by atoms with Gasteiger partial charge in [-0.1, -0.05) is 55.3 Å². The number of likely N-dealkylation sites (tertiary alicyclic amines) is 1. The van der Waals surface area contributed by atoms with Crippen molar-refractivity contribution in [2.24, 2.45) is 11.8 Å². The van der Waals surface area contributed by atoms with Gasteiger partial charge in [0, 0.05) is 60.8 Å². The van der Waals surface area contributed by atoms with E-state index < -0.39 is 56.6 Å². The highest BCUT2D eigenvalue weighted by molar-refractivity contribution is 7.91. The first-order valence-corrected chi connectivity index (χ1v) is 22.4. The van der Waals surface area contributed by atoms with Crippen LogP contribution >= 0.6 is 0 Å². The Hall–Kier alpha value is -4.98. The highest BCUT2D eigenvalue weighted by atomic mass is 32.2. The number of pyridine rings is 1. The predicted octanol–water partition coefficient (Wildman–Crippen LogP) is 5.28. The quantitative estimate of drug-likeness (QED) is 0.274. The third kappa shape index (κ3) is 8.57. The zero-order chi connectivity index (χ0) is 40.4. The highest BCUT2D eigenvalue weighted by Crippen LogP contribution is 2.46. The van der Waals surface area contributed by atoms with Gasteiger partial charge < -0.3 is 24.6 Å². The number of methoxy groups -OCH3 is 1. The zero-order valence-corrected chi connectivity index (χ0v) is 33.9. The Labute approximate surface area is 340 Å². The molecular formula is C44H53N5O8S. The van der Waals surface area contributed by atoms with E-state index >= 15 is 0 Å². The molecule has 5 atom stereocenters. The van der Waals surface area contributed by atoms with Crippen LogP contribution in [0.4, 0.5) is 0 Å². The van der Waals surface area contributed by atoms with Gasteiger partial charge in [-0.05, 0) is 69.9 Å². The molecule has 8 rings (SSSR count). The Bertz CT molecular complexity index is 2190. The molecule has 14 heteroatoms. The molecule has 4 heterocycles. The van der Waals surface area contributed by atoms with Gasteiger partial charge in [-0.2, -0.15) is 0 Å². The number of hydrogen-bond acceptors (Lipinski definition) is 9. The third-order valence-corrected chi connectivity index (χ3v) is 14.2. The Kier molecular flexibility index (Phi) is 11.5. The molecular weight excluding hydrogens is 759 g/mol. The van der Waals surface area contributed by atoms with Gasteiger partial charge in [-0.15, -0.1) is 0 Å². The monoisotopic (exact) mass is 811 g/mol. The first kappa shape index (κ1) is 39.8. The number of allylic oxidation sites excluding steroid dienone is 1. The molecule has 2 aliphatic carbocycles. The Morgan fingerprint density at radius 1 is 0.966 bits per heavy atom. The van der Waals surface area contributed by atoms with Gasteiger partial charge in [0.05, 0.1) is 30.1 Å². The van der Waals surface area contributed by atoms with Crippen molar-refractivity contribution in [1.29, 1.82) is 0 Å². The van der Waals surface area contributed by atoms with E-state index in [4.69, 9.17) is 14.5 Å². The average Bonchev–Trinajstić information content (AvgIpc) is 4.16. The van der Waals surface area contributed by atoms with Crippen molar-refractivity contribution in [3.63, 3.8) is 0 Å². The number of fused-ring (bicyclic) bond motifs is 3. The van der Waals surface area contributed by atoms with Gasteiger partial charge in [-0.25, -0.2) is 13.4 Å². The number of amides is 4. The molecule has 0 bridgehead atoms. The van der Waals surface area contributed by atoms with E-state index in [9.17, 15) is 27.6 Å². The molecule has 3 aromatic rings. The van der Waals surface area contributed by atoms with Crippen molar-refractivity contribution in [2.45, 2.75) is 106 Å². The number of nitrogens with one attached hydrogen (secondary N) is 2. The second kappa shape index (κ2) is 16.7. The van der Waals surface area contributed by atoms with Gasteiger partial charge in [0.2, 0.25) is 27.7 Å². The molecule has 13 nitrogen and oxygen atoms in total. The van der Waals surface area contributed by atoms with Crippen LogP contribution in [0.1, 0.15) is 83.5 Å². The van der Waals surface area contributed by atoms with Crippen molar-refractivity contribution in [3.8, 4) is 22.8 Å². The minimum Gasteiger partial charge on any atom is -0.497 e. The topological polar surface area (TPSA) is 164 Å². The summed E-state index contributed by atoms with van der Waals surface area (Å²) < 4.78 is 40.4. The lowest BCUT2D eigenvalue weighted by molar-refractivity contribution is -0.145. The van der Waals surface area contributed by atoms with Crippen LogP contribution in [0.2, 0.25) is 0 Å². The van der Waals surface area contributed by atoms with E-state index in [1.165, 1.54) is 4.90 Å². The van der Waals surface area contributed by atoms with Gasteiger partial charge in [-0.3, -0.25) is 23.9 Å². The smallest absolute Gasteiger partial charge is 0.259 e. The van der Waals surface area contributed by atoms with Crippen LogP contribution in [0.15, 0.2) is 66.7 Å². The van der Waals surface area contributed by atoms with Gasteiger partial charge >= 0.3 is 0 Å². The fourth-order valence-electron chi connectivity index (χ4n) is 8.80. The van der Waals surface area contributed by atoms with Crippen molar-refractivity contribution < 1.29 is 37.1 Å². The Morgan fingerprint density at radius 2 is 1.74 bits per heavy atom. The van der Waals surface area contributed by atoms with Crippen LogP contribution in [0.5, 0.6) is 11.5 Å². The first-order valence-electron chi connectivity index (χ1n) is 20.9. The normalized spacial score (nSPS) is 27.3. The summed E-state index contributed by atoms with van der Waals surface area (Å²) in [6.45, 7) is 1.43. The lowest BCUT2D eigenvalue weighted by Gasteiger charge is -2.31. The second-order valence-electron chi connectivity index (χ2n) is 16.6. The number of aromatic nitrogens is 1. The minimum atomic E-state index is -3.88. The maximum atomic E-state index is 14.8. The van der Waals surface area contributed by atoms with E-state index in [0.717, 1.165) is 55.9 Å². The van der Waals surface area contributed by atoms with E-state index in [2.05, 4.69) is 10.0 Å². The van der Waals surface area contributed by atoms with Crippen molar-refractivity contribution in [1.82, 2.24) is 24.8 Å². The predicted molar refractivity (Wildman–Crippen MR) is 218 cm³/mol.